The summed E-state index contributed by atoms with van der Waals surface area (Å²) in [6, 6.07) is 3.13. The molecule has 1 aromatic carbocycles. The third kappa shape index (κ3) is 2.29. The number of benzene rings is 1. The largest absolute Gasteiger partial charge is 0.506 e. The van der Waals surface area contributed by atoms with E-state index in [-0.39, 0.29) is 23.0 Å². The van der Waals surface area contributed by atoms with Crippen molar-refractivity contribution in [1.82, 2.24) is 0 Å². The monoisotopic (exact) mass is 334 g/mol. The van der Waals surface area contributed by atoms with Gasteiger partial charge in [0.1, 0.15) is 11.7 Å². The third-order valence-corrected chi connectivity index (χ3v) is 5.02. The van der Waals surface area contributed by atoms with E-state index in [2.05, 4.69) is 0 Å². The number of phenols is 2. The van der Waals surface area contributed by atoms with Crippen LogP contribution in [0, 0.1) is 5.92 Å². The van der Waals surface area contributed by atoms with E-state index < -0.39 is 28.8 Å². The lowest BCUT2D eigenvalue weighted by molar-refractivity contribution is -0.0511. The third-order valence-electron chi connectivity index (χ3n) is 5.02. The first-order valence-corrected chi connectivity index (χ1v) is 7.79. The Kier molecular flexibility index (Phi) is 3.49. The molecular formula is C18H22O6. The fraction of sp³-hybridized carbons (Fsp3) is 0.444. The molecule has 0 aromatic heterocycles. The molecule has 2 aliphatic rings. The summed E-state index contributed by atoms with van der Waals surface area (Å²) in [6.45, 7) is 5.74. The van der Waals surface area contributed by atoms with Crippen LogP contribution in [-0.4, -0.2) is 37.2 Å². The number of allylic oxidation sites excluding steroid dienone is 1. The lowest BCUT2D eigenvalue weighted by Crippen LogP contribution is -2.53. The molecule has 1 heterocycles. The average molecular weight is 334 g/mol. The Balaban J connectivity index is 2.08. The molecule has 24 heavy (non-hydrogen) atoms. The van der Waals surface area contributed by atoms with Crippen molar-refractivity contribution in [3.05, 3.63) is 41.4 Å². The summed E-state index contributed by atoms with van der Waals surface area (Å²) in [5, 5.41) is 49.8. The molecule has 1 aliphatic carbocycles. The Bertz CT molecular complexity index is 748. The summed E-state index contributed by atoms with van der Waals surface area (Å²) in [5.74, 6) is -1.97. The van der Waals surface area contributed by atoms with E-state index in [1.807, 2.05) is 13.8 Å². The minimum atomic E-state index is -1.32. The lowest BCUT2D eigenvalue weighted by atomic mass is 9.67. The standard InChI is InChI=1S/C18H22O6/c1-17(2)8-18(3,9-4-6-11(19)14(22)13(9)21)24-16-10(17)5-7-12(20)15(16)23/h4-7,9,13,19-23H,8H2,1-3H3. The zero-order valence-electron chi connectivity index (χ0n) is 13.8. The molecule has 0 saturated carbocycles. The van der Waals surface area contributed by atoms with Gasteiger partial charge in [0, 0.05) is 5.56 Å². The van der Waals surface area contributed by atoms with Gasteiger partial charge < -0.3 is 30.3 Å². The zero-order valence-corrected chi connectivity index (χ0v) is 13.8. The summed E-state index contributed by atoms with van der Waals surface area (Å²) >= 11 is 0. The summed E-state index contributed by atoms with van der Waals surface area (Å²) in [7, 11) is 0. The highest BCUT2D eigenvalue weighted by atomic mass is 16.5. The van der Waals surface area contributed by atoms with E-state index in [0.717, 1.165) is 5.56 Å². The summed E-state index contributed by atoms with van der Waals surface area (Å²) in [5.41, 5.74) is -0.612. The van der Waals surface area contributed by atoms with Gasteiger partial charge in [-0.05, 0) is 30.9 Å². The minimum Gasteiger partial charge on any atom is -0.506 e. The van der Waals surface area contributed by atoms with Crippen molar-refractivity contribution in [2.75, 3.05) is 0 Å². The number of rotatable bonds is 1. The lowest BCUT2D eigenvalue weighted by Gasteiger charge is -2.48. The molecule has 0 radical (unpaired) electrons. The van der Waals surface area contributed by atoms with E-state index >= 15 is 0 Å². The minimum absolute atomic E-state index is 0.174. The molecule has 0 spiro atoms. The van der Waals surface area contributed by atoms with Crippen LogP contribution in [0.1, 0.15) is 32.8 Å². The molecule has 1 aromatic rings. The molecule has 130 valence electrons. The molecule has 3 atom stereocenters. The smallest absolute Gasteiger partial charge is 0.200 e. The molecule has 0 saturated heterocycles. The zero-order chi connectivity index (χ0) is 17.9. The Morgan fingerprint density at radius 2 is 1.75 bits per heavy atom. The van der Waals surface area contributed by atoms with Crippen molar-refractivity contribution >= 4 is 0 Å². The molecule has 1 aliphatic heterocycles. The SMILES string of the molecule is CC1(C)CC(C)(C2C=CC(O)=C(O)C2O)Oc2c1ccc(O)c2O. The maximum absolute atomic E-state index is 10.4. The first-order valence-electron chi connectivity index (χ1n) is 7.79. The van der Waals surface area contributed by atoms with Crippen molar-refractivity contribution < 1.29 is 30.3 Å². The van der Waals surface area contributed by atoms with E-state index in [1.54, 1.807) is 19.1 Å². The fourth-order valence-corrected chi connectivity index (χ4v) is 3.87. The normalized spacial score (nSPS) is 31.5. The number of hydrogen-bond donors (Lipinski definition) is 5. The van der Waals surface area contributed by atoms with Gasteiger partial charge in [0.15, 0.2) is 23.0 Å². The highest BCUT2D eigenvalue weighted by Gasteiger charge is 2.50. The molecule has 0 amide bonds. The predicted octanol–water partition coefficient (Wildman–Crippen LogP) is 2.79. The van der Waals surface area contributed by atoms with Gasteiger partial charge in [-0.2, -0.15) is 0 Å². The van der Waals surface area contributed by atoms with Gasteiger partial charge >= 0.3 is 0 Å². The quantitative estimate of drug-likeness (QED) is 0.505. The maximum Gasteiger partial charge on any atom is 0.200 e. The first kappa shape index (κ1) is 16.5. The van der Waals surface area contributed by atoms with Crippen molar-refractivity contribution in [3.63, 3.8) is 0 Å². The Morgan fingerprint density at radius 1 is 1.08 bits per heavy atom. The molecular weight excluding hydrogens is 312 g/mol. The average Bonchev–Trinajstić information content (AvgIpc) is 2.48. The van der Waals surface area contributed by atoms with Gasteiger partial charge in [-0.3, -0.25) is 0 Å². The highest BCUT2D eigenvalue weighted by molar-refractivity contribution is 5.58. The van der Waals surface area contributed by atoms with Gasteiger partial charge in [0.2, 0.25) is 5.75 Å². The van der Waals surface area contributed by atoms with Crippen LogP contribution >= 0.6 is 0 Å². The number of aromatic hydroxyl groups is 2. The van der Waals surface area contributed by atoms with Crippen LogP contribution in [0.15, 0.2) is 35.8 Å². The number of phenolic OH excluding ortho intramolecular Hbond substituents is 2. The number of hydrogen-bond acceptors (Lipinski definition) is 6. The van der Waals surface area contributed by atoms with Crippen molar-refractivity contribution in [3.8, 4) is 17.2 Å². The summed E-state index contributed by atoms with van der Waals surface area (Å²) in [6.07, 6.45) is 2.08. The maximum atomic E-state index is 10.4. The van der Waals surface area contributed by atoms with Crippen LogP contribution < -0.4 is 4.74 Å². The van der Waals surface area contributed by atoms with E-state index in [0.29, 0.717) is 6.42 Å². The Morgan fingerprint density at radius 3 is 2.42 bits per heavy atom. The van der Waals surface area contributed by atoms with E-state index in [1.165, 1.54) is 12.1 Å². The van der Waals surface area contributed by atoms with Crippen LogP contribution in [0.4, 0.5) is 0 Å². The Hall–Kier alpha value is -2.34. The predicted molar refractivity (Wildman–Crippen MR) is 87.4 cm³/mol. The van der Waals surface area contributed by atoms with Gasteiger partial charge in [-0.1, -0.05) is 26.0 Å². The molecule has 0 fully saturated rings. The first-order chi connectivity index (χ1) is 11.1. The van der Waals surface area contributed by atoms with Crippen LogP contribution in [0.25, 0.3) is 0 Å². The van der Waals surface area contributed by atoms with Gasteiger partial charge in [0.05, 0.1) is 5.92 Å². The Labute approximate surface area is 140 Å². The highest BCUT2D eigenvalue weighted by Crippen LogP contribution is 2.53. The van der Waals surface area contributed by atoms with Crippen molar-refractivity contribution in [2.45, 2.75) is 44.3 Å². The second kappa shape index (κ2) is 5.08. The van der Waals surface area contributed by atoms with Crippen molar-refractivity contribution in [1.29, 1.82) is 0 Å². The number of aliphatic hydroxyl groups excluding tert-OH is 3. The molecule has 3 unspecified atom stereocenters. The van der Waals surface area contributed by atoms with E-state index in [4.69, 9.17) is 4.74 Å². The van der Waals surface area contributed by atoms with Crippen LogP contribution in [-0.2, 0) is 5.41 Å². The van der Waals surface area contributed by atoms with Crippen LogP contribution in [0.2, 0.25) is 0 Å². The molecule has 6 heteroatoms. The molecule has 5 N–H and O–H groups in total. The van der Waals surface area contributed by atoms with Crippen LogP contribution in [0.3, 0.4) is 0 Å². The number of aliphatic hydroxyl groups is 3. The van der Waals surface area contributed by atoms with Gasteiger partial charge in [-0.15, -0.1) is 0 Å². The summed E-state index contributed by atoms with van der Waals surface area (Å²) < 4.78 is 6.02. The van der Waals surface area contributed by atoms with Gasteiger partial charge in [0.25, 0.3) is 0 Å². The topological polar surface area (TPSA) is 110 Å². The fourth-order valence-electron chi connectivity index (χ4n) is 3.87. The molecule has 0 bridgehead atoms. The molecule has 6 nitrogen and oxygen atoms in total. The van der Waals surface area contributed by atoms with E-state index in [9.17, 15) is 25.5 Å². The second-order valence-electron chi connectivity index (χ2n) is 7.39. The second-order valence-corrected chi connectivity index (χ2v) is 7.39. The number of ether oxygens (including phenoxy) is 1. The summed E-state index contributed by atoms with van der Waals surface area (Å²) in [4.78, 5) is 0. The van der Waals surface area contributed by atoms with Gasteiger partial charge in [-0.25, -0.2) is 0 Å². The van der Waals surface area contributed by atoms with Crippen LogP contribution in [0.5, 0.6) is 17.2 Å². The number of fused-ring (bicyclic) bond motifs is 1. The van der Waals surface area contributed by atoms with Crippen molar-refractivity contribution in [2.24, 2.45) is 5.92 Å². The molecule has 3 rings (SSSR count).